The van der Waals surface area contributed by atoms with Gasteiger partial charge in [0.25, 0.3) is 5.91 Å². The van der Waals surface area contributed by atoms with Crippen molar-refractivity contribution in [3.8, 4) is 11.6 Å². The normalized spacial score (nSPS) is 13.6. The third kappa shape index (κ3) is 11.1. The number of esters is 2. The second-order valence-electron chi connectivity index (χ2n) is 12.2. The lowest BCUT2D eigenvalue weighted by Crippen LogP contribution is -2.56. The number of para-hydroxylation sites is 1. The Labute approximate surface area is 285 Å². The summed E-state index contributed by atoms with van der Waals surface area (Å²) >= 11 is 0. The highest BCUT2D eigenvalue weighted by molar-refractivity contribution is 5.96. The monoisotopic (exact) mass is 677 g/mol. The van der Waals surface area contributed by atoms with Gasteiger partial charge in [-0.25, -0.2) is 14.3 Å². The largest absolute Gasteiger partial charge is 0.466 e. The number of rotatable bonds is 13. The van der Waals surface area contributed by atoms with Crippen LogP contribution in [0.1, 0.15) is 56.6 Å². The fourth-order valence-corrected chi connectivity index (χ4v) is 4.93. The second-order valence-corrected chi connectivity index (χ2v) is 12.2. The van der Waals surface area contributed by atoms with Crippen molar-refractivity contribution >= 4 is 29.8 Å². The zero-order chi connectivity index (χ0) is 35.4. The van der Waals surface area contributed by atoms with E-state index in [1.807, 2.05) is 36.4 Å². The van der Waals surface area contributed by atoms with Crippen LogP contribution in [0.3, 0.4) is 0 Å². The van der Waals surface area contributed by atoms with E-state index in [1.54, 1.807) is 52.0 Å². The Hall–Kier alpha value is -5.40. The third-order valence-electron chi connectivity index (χ3n) is 7.27. The molecule has 1 atom stereocenters. The minimum absolute atomic E-state index is 0.0341. The molecule has 3 aromatic rings. The molecule has 1 aliphatic heterocycles. The number of ether oxygens (including phenoxy) is 4. The number of carbonyl (C=O) groups is 5. The van der Waals surface area contributed by atoms with E-state index in [-0.39, 0.29) is 63.8 Å². The predicted octanol–water partition coefficient (Wildman–Crippen LogP) is 3.52. The topological polar surface area (TPSA) is 159 Å². The molecule has 0 radical (unpaired) electrons. The summed E-state index contributed by atoms with van der Waals surface area (Å²) in [6.45, 7) is 7.76. The molecule has 1 unspecified atom stereocenters. The van der Waals surface area contributed by atoms with Crippen molar-refractivity contribution < 1.29 is 42.9 Å². The molecule has 0 aliphatic carbocycles. The maximum Gasteiger partial charge on any atom is 0.409 e. The van der Waals surface area contributed by atoms with Crippen LogP contribution in [0.4, 0.5) is 4.79 Å². The summed E-state index contributed by atoms with van der Waals surface area (Å²) in [5.41, 5.74) is 0.573. The van der Waals surface area contributed by atoms with Gasteiger partial charge in [0.2, 0.25) is 11.8 Å². The van der Waals surface area contributed by atoms with Crippen molar-refractivity contribution in [2.24, 2.45) is 0 Å². The van der Waals surface area contributed by atoms with E-state index in [1.165, 1.54) is 20.5 Å². The Morgan fingerprint density at radius 2 is 1.49 bits per heavy atom. The van der Waals surface area contributed by atoms with E-state index in [9.17, 15) is 24.0 Å². The van der Waals surface area contributed by atoms with E-state index in [0.29, 0.717) is 5.69 Å². The van der Waals surface area contributed by atoms with E-state index < -0.39 is 48.1 Å². The van der Waals surface area contributed by atoms with E-state index >= 15 is 0 Å². The van der Waals surface area contributed by atoms with Gasteiger partial charge in [-0.15, -0.1) is 0 Å². The molecule has 4 rings (SSSR count). The highest BCUT2D eigenvalue weighted by Crippen LogP contribution is 2.21. The van der Waals surface area contributed by atoms with Crippen LogP contribution in [0, 0.1) is 0 Å². The van der Waals surface area contributed by atoms with Crippen LogP contribution in [0.5, 0.6) is 5.88 Å². The van der Waals surface area contributed by atoms with Crippen molar-refractivity contribution in [1.29, 1.82) is 0 Å². The molecule has 0 spiro atoms. The summed E-state index contributed by atoms with van der Waals surface area (Å²) < 4.78 is 22.9. The molecule has 1 aliphatic rings. The van der Waals surface area contributed by atoms with Crippen LogP contribution in [-0.4, -0.2) is 100 Å². The number of hydrogen-bond donors (Lipinski definition) is 1. The Kier molecular flexibility index (Phi) is 12.7. The number of aromatic nitrogens is 2. The van der Waals surface area contributed by atoms with Crippen LogP contribution in [0.15, 0.2) is 66.7 Å². The number of amides is 3. The van der Waals surface area contributed by atoms with E-state index in [0.717, 1.165) is 5.56 Å². The minimum atomic E-state index is -1.10. The molecule has 14 heteroatoms. The summed E-state index contributed by atoms with van der Waals surface area (Å²) in [6, 6.07) is 18.3. The molecule has 2 heterocycles. The van der Waals surface area contributed by atoms with Crippen LogP contribution >= 0.6 is 0 Å². The summed E-state index contributed by atoms with van der Waals surface area (Å²) in [7, 11) is 0. The number of nitrogens with zero attached hydrogens (tertiary/aromatic N) is 4. The average Bonchev–Trinajstić information content (AvgIpc) is 3.52. The van der Waals surface area contributed by atoms with Gasteiger partial charge in [-0.2, -0.15) is 5.10 Å². The molecule has 2 aromatic carbocycles. The van der Waals surface area contributed by atoms with Gasteiger partial charge in [-0.1, -0.05) is 48.5 Å². The van der Waals surface area contributed by atoms with E-state index in [2.05, 4.69) is 10.4 Å². The first-order valence-corrected chi connectivity index (χ1v) is 16.1. The standard InChI is InChI=1S/C35H43N5O9/c1-5-46-34(45)39-20-18-38(19-21-39)33(44)27(16-17-30(41)49-35(2,3)4)36-32(43)28-22-29(40(37-28)26-14-10-7-11-15-26)47-24-31(42)48-23-25-12-8-6-9-13-25/h6-15,22,27H,5,16-21,23-24H2,1-4H3,(H,36,43). The predicted molar refractivity (Wildman–Crippen MR) is 177 cm³/mol. The molecular weight excluding hydrogens is 634 g/mol. The minimum Gasteiger partial charge on any atom is -0.466 e. The quantitative estimate of drug-likeness (QED) is 0.210. The second kappa shape index (κ2) is 17.1. The van der Waals surface area contributed by atoms with Crippen LogP contribution < -0.4 is 10.1 Å². The Morgan fingerprint density at radius 3 is 2.12 bits per heavy atom. The molecule has 14 nitrogen and oxygen atoms in total. The van der Waals surface area contributed by atoms with Gasteiger partial charge in [-0.3, -0.25) is 14.4 Å². The number of carbonyl (C=O) groups excluding carboxylic acids is 5. The van der Waals surface area contributed by atoms with Gasteiger partial charge < -0.3 is 34.1 Å². The number of nitrogens with one attached hydrogen (secondary N) is 1. The van der Waals surface area contributed by atoms with Crippen LogP contribution in [-0.2, 0) is 35.2 Å². The molecule has 262 valence electrons. The van der Waals surface area contributed by atoms with E-state index in [4.69, 9.17) is 18.9 Å². The third-order valence-corrected chi connectivity index (χ3v) is 7.27. The fourth-order valence-electron chi connectivity index (χ4n) is 4.93. The maximum absolute atomic E-state index is 13.7. The van der Waals surface area contributed by atoms with Gasteiger partial charge in [0, 0.05) is 38.7 Å². The Balaban J connectivity index is 1.48. The van der Waals surface area contributed by atoms with Crippen molar-refractivity contribution in [3.63, 3.8) is 0 Å². The number of benzene rings is 2. The summed E-state index contributed by atoms with van der Waals surface area (Å²) in [6.07, 6.45) is -0.622. The molecule has 0 saturated carbocycles. The van der Waals surface area contributed by atoms with Crippen LogP contribution in [0.25, 0.3) is 5.69 Å². The molecule has 3 amide bonds. The molecule has 1 saturated heterocycles. The van der Waals surface area contributed by atoms with Gasteiger partial charge in [0.1, 0.15) is 18.2 Å². The highest BCUT2D eigenvalue weighted by atomic mass is 16.6. The Bertz CT molecular complexity index is 1580. The first-order valence-electron chi connectivity index (χ1n) is 16.1. The molecule has 0 bridgehead atoms. The van der Waals surface area contributed by atoms with Gasteiger partial charge in [0.15, 0.2) is 12.3 Å². The summed E-state index contributed by atoms with van der Waals surface area (Å²) in [5.74, 6) is -2.15. The average molecular weight is 678 g/mol. The lowest BCUT2D eigenvalue weighted by atomic mass is 10.1. The molecule has 1 N–H and O–H groups in total. The lowest BCUT2D eigenvalue weighted by Gasteiger charge is -2.36. The van der Waals surface area contributed by atoms with Crippen LogP contribution in [0.2, 0.25) is 0 Å². The first-order chi connectivity index (χ1) is 23.4. The zero-order valence-electron chi connectivity index (χ0n) is 28.3. The maximum atomic E-state index is 13.7. The molecular formula is C35H43N5O9. The van der Waals surface area contributed by atoms with Crippen molar-refractivity contribution in [2.45, 2.75) is 58.8 Å². The van der Waals surface area contributed by atoms with Crippen molar-refractivity contribution in [1.82, 2.24) is 24.9 Å². The molecule has 49 heavy (non-hydrogen) atoms. The van der Waals surface area contributed by atoms with Crippen molar-refractivity contribution in [3.05, 3.63) is 78.0 Å². The number of piperazine rings is 1. The Morgan fingerprint density at radius 1 is 0.857 bits per heavy atom. The zero-order valence-corrected chi connectivity index (χ0v) is 28.3. The smallest absolute Gasteiger partial charge is 0.409 e. The fraction of sp³-hybridized carbons (Fsp3) is 0.429. The highest BCUT2D eigenvalue weighted by Gasteiger charge is 2.32. The molecule has 1 fully saturated rings. The van der Waals surface area contributed by atoms with Crippen molar-refractivity contribution in [2.75, 3.05) is 39.4 Å². The van der Waals surface area contributed by atoms with Gasteiger partial charge >= 0.3 is 18.0 Å². The molecule has 1 aromatic heterocycles. The lowest BCUT2D eigenvalue weighted by molar-refractivity contribution is -0.155. The van der Waals surface area contributed by atoms with Gasteiger partial charge in [-0.05, 0) is 51.8 Å². The summed E-state index contributed by atoms with van der Waals surface area (Å²) in [4.78, 5) is 67.6. The number of hydrogen-bond acceptors (Lipinski definition) is 10. The summed E-state index contributed by atoms with van der Waals surface area (Å²) in [5, 5.41) is 7.15. The first kappa shape index (κ1) is 36.4. The SMILES string of the molecule is CCOC(=O)N1CCN(C(=O)C(CCC(=O)OC(C)(C)C)NC(=O)c2cc(OCC(=O)OCc3ccccc3)n(-c3ccccc3)n2)CC1. The van der Waals surface area contributed by atoms with Gasteiger partial charge in [0.05, 0.1) is 12.3 Å².